The maximum Gasteiger partial charge on any atom is 0.252 e. The molecule has 0 saturated heterocycles. The van der Waals surface area contributed by atoms with Gasteiger partial charge in [-0.2, -0.15) is 4.98 Å². The molecule has 0 aromatic carbocycles. The summed E-state index contributed by atoms with van der Waals surface area (Å²) in [4.78, 5) is 24.8. The Hall–Kier alpha value is -2.90. The van der Waals surface area contributed by atoms with Crippen LogP contribution in [0.1, 0.15) is 29.9 Å². The summed E-state index contributed by atoms with van der Waals surface area (Å²) in [5, 5.41) is 9.09. The Kier molecular flexibility index (Phi) is 6.94. The van der Waals surface area contributed by atoms with Crippen LogP contribution in [0.4, 0.5) is 11.8 Å². The molecule has 0 aliphatic rings. The minimum Gasteiger partial charge on any atom is -0.478 e. The molecule has 0 fully saturated rings. The first-order valence-corrected chi connectivity index (χ1v) is 8.32. The van der Waals surface area contributed by atoms with E-state index in [2.05, 4.69) is 30.9 Å². The highest BCUT2D eigenvalue weighted by Gasteiger charge is 2.06. The number of aromatic nitrogens is 3. The average molecular weight is 344 g/mol. The number of hydrogen-bond donors (Lipinski definition) is 3. The number of ether oxygens (including phenoxy) is 1. The van der Waals surface area contributed by atoms with Gasteiger partial charge in [-0.1, -0.05) is 0 Å². The van der Waals surface area contributed by atoms with Gasteiger partial charge >= 0.3 is 0 Å². The van der Waals surface area contributed by atoms with E-state index in [-0.39, 0.29) is 5.91 Å². The Morgan fingerprint density at radius 2 is 2.00 bits per heavy atom. The van der Waals surface area contributed by atoms with Crippen molar-refractivity contribution in [1.82, 2.24) is 20.3 Å². The number of carbonyl (C=O) groups is 1. The van der Waals surface area contributed by atoms with Gasteiger partial charge in [-0.3, -0.25) is 4.79 Å². The number of hydrogen-bond acceptors (Lipinski definition) is 7. The molecule has 2 aromatic heterocycles. The van der Waals surface area contributed by atoms with Gasteiger partial charge in [-0.25, -0.2) is 9.97 Å². The Morgan fingerprint density at radius 3 is 2.68 bits per heavy atom. The van der Waals surface area contributed by atoms with Crippen LogP contribution in [0.15, 0.2) is 24.4 Å². The van der Waals surface area contributed by atoms with Crippen molar-refractivity contribution in [2.75, 3.05) is 36.9 Å². The summed E-state index contributed by atoms with van der Waals surface area (Å²) in [6.45, 7) is 8.11. The molecular formula is C17H24N6O2. The smallest absolute Gasteiger partial charge is 0.252 e. The van der Waals surface area contributed by atoms with Crippen molar-refractivity contribution in [3.63, 3.8) is 0 Å². The topological polar surface area (TPSA) is 101 Å². The second kappa shape index (κ2) is 9.41. The standard InChI is InChI=1S/C17H24N6O2/c1-4-18-17-22-12(3)10-14(23-17)19-8-9-20-16(24)13-6-7-15(21-11-13)25-5-2/h6-7,10-11H,4-5,8-9H2,1-3H3,(H,20,24)(H2,18,19,22,23). The van der Waals surface area contributed by atoms with Crippen molar-refractivity contribution < 1.29 is 9.53 Å². The van der Waals surface area contributed by atoms with E-state index >= 15 is 0 Å². The average Bonchev–Trinajstić information content (AvgIpc) is 2.59. The predicted molar refractivity (Wildman–Crippen MR) is 97.2 cm³/mol. The molecule has 0 aliphatic carbocycles. The zero-order chi connectivity index (χ0) is 18.1. The van der Waals surface area contributed by atoms with E-state index in [4.69, 9.17) is 4.74 Å². The Labute approximate surface area is 147 Å². The van der Waals surface area contributed by atoms with Crippen LogP contribution in [0.25, 0.3) is 0 Å². The number of aryl methyl sites for hydroxylation is 1. The molecule has 1 amide bonds. The fourth-order valence-corrected chi connectivity index (χ4v) is 2.11. The van der Waals surface area contributed by atoms with Crippen LogP contribution in [0.5, 0.6) is 5.88 Å². The van der Waals surface area contributed by atoms with Gasteiger partial charge in [-0.05, 0) is 26.8 Å². The Morgan fingerprint density at radius 1 is 1.16 bits per heavy atom. The fraction of sp³-hybridized carbons (Fsp3) is 0.412. The Bertz CT molecular complexity index is 690. The minimum atomic E-state index is -0.176. The molecule has 0 aliphatic heterocycles. The van der Waals surface area contributed by atoms with Crippen molar-refractivity contribution in [1.29, 1.82) is 0 Å². The lowest BCUT2D eigenvalue weighted by Gasteiger charge is -2.10. The van der Waals surface area contributed by atoms with Crippen LogP contribution in [-0.2, 0) is 0 Å². The number of rotatable bonds is 9. The number of amides is 1. The van der Waals surface area contributed by atoms with Crippen LogP contribution < -0.4 is 20.7 Å². The predicted octanol–water partition coefficient (Wildman–Crippen LogP) is 1.85. The number of anilines is 2. The fourth-order valence-electron chi connectivity index (χ4n) is 2.11. The van der Waals surface area contributed by atoms with Crippen molar-refractivity contribution in [2.24, 2.45) is 0 Å². The minimum absolute atomic E-state index is 0.176. The van der Waals surface area contributed by atoms with E-state index in [0.717, 1.165) is 18.1 Å². The number of nitrogens with one attached hydrogen (secondary N) is 3. The van der Waals surface area contributed by atoms with Gasteiger partial charge in [0.25, 0.3) is 5.91 Å². The van der Waals surface area contributed by atoms with Crippen LogP contribution in [0.3, 0.4) is 0 Å². The molecule has 2 heterocycles. The van der Waals surface area contributed by atoms with Gasteiger partial charge in [0.1, 0.15) is 5.82 Å². The van der Waals surface area contributed by atoms with Crippen LogP contribution in [0.2, 0.25) is 0 Å². The lowest BCUT2D eigenvalue weighted by atomic mass is 10.2. The number of pyridine rings is 1. The maximum absolute atomic E-state index is 12.1. The molecule has 25 heavy (non-hydrogen) atoms. The van der Waals surface area contributed by atoms with Crippen molar-refractivity contribution >= 4 is 17.7 Å². The van der Waals surface area contributed by atoms with Gasteiger partial charge in [0, 0.05) is 43.7 Å². The van der Waals surface area contributed by atoms with E-state index < -0.39 is 0 Å². The molecule has 2 rings (SSSR count). The largest absolute Gasteiger partial charge is 0.478 e. The molecule has 8 nitrogen and oxygen atoms in total. The van der Waals surface area contributed by atoms with Crippen molar-refractivity contribution in [3.05, 3.63) is 35.7 Å². The highest BCUT2D eigenvalue weighted by Crippen LogP contribution is 2.09. The molecule has 3 N–H and O–H groups in total. The van der Waals surface area contributed by atoms with E-state index in [1.54, 1.807) is 12.1 Å². The molecule has 134 valence electrons. The highest BCUT2D eigenvalue weighted by atomic mass is 16.5. The molecule has 0 spiro atoms. The monoisotopic (exact) mass is 344 g/mol. The SMILES string of the molecule is CCNc1nc(C)cc(NCCNC(=O)c2ccc(OCC)nc2)n1. The highest BCUT2D eigenvalue weighted by molar-refractivity contribution is 5.93. The summed E-state index contributed by atoms with van der Waals surface area (Å²) in [6, 6.07) is 5.23. The molecular weight excluding hydrogens is 320 g/mol. The summed E-state index contributed by atoms with van der Waals surface area (Å²) in [6.07, 6.45) is 1.50. The van der Waals surface area contributed by atoms with Crippen LogP contribution >= 0.6 is 0 Å². The molecule has 8 heteroatoms. The zero-order valence-corrected chi connectivity index (χ0v) is 14.8. The summed E-state index contributed by atoms with van der Waals surface area (Å²) in [5.41, 5.74) is 1.37. The van der Waals surface area contributed by atoms with E-state index in [1.165, 1.54) is 6.20 Å². The molecule has 2 aromatic rings. The maximum atomic E-state index is 12.1. The van der Waals surface area contributed by atoms with Crippen LogP contribution in [-0.4, -0.2) is 47.1 Å². The molecule has 0 unspecified atom stereocenters. The summed E-state index contributed by atoms with van der Waals surface area (Å²) in [7, 11) is 0. The third kappa shape index (κ3) is 5.91. The first kappa shape index (κ1) is 18.4. The molecule has 0 bridgehead atoms. The second-order valence-electron chi connectivity index (χ2n) is 5.25. The van der Waals surface area contributed by atoms with Gasteiger partial charge in [-0.15, -0.1) is 0 Å². The third-order valence-electron chi connectivity index (χ3n) is 3.20. The third-order valence-corrected chi connectivity index (χ3v) is 3.20. The summed E-state index contributed by atoms with van der Waals surface area (Å²) >= 11 is 0. The quantitative estimate of drug-likeness (QED) is 0.597. The zero-order valence-electron chi connectivity index (χ0n) is 14.8. The number of nitrogens with zero attached hydrogens (tertiary/aromatic N) is 3. The van der Waals surface area contributed by atoms with E-state index in [0.29, 0.717) is 37.1 Å². The lowest BCUT2D eigenvalue weighted by molar-refractivity contribution is 0.0954. The normalized spacial score (nSPS) is 10.2. The lowest BCUT2D eigenvalue weighted by Crippen LogP contribution is -2.29. The van der Waals surface area contributed by atoms with Gasteiger partial charge in [0.2, 0.25) is 11.8 Å². The molecule has 0 atom stereocenters. The second-order valence-corrected chi connectivity index (χ2v) is 5.25. The van der Waals surface area contributed by atoms with Crippen LogP contribution in [0, 0.1) is 6.92 Å². The van der Waals surface area contributed by atoms with Gasteiger partial charge in [0.15, 0.2) is 0 Å². The first-order valence-electron chi connectivity index (χ1n) is 8.32. The van der Waals surface area contributed by atoms with E-state index in [1.807, 2.05) is 26.8 Å². The summed E-state index contributed by atoms with van der Waals surface area (Å²) < 4.78 is 5.25. The molecule has 0 saturated carbocycles. The van der Waals surface area contributed by atoms with E-state index in [9.17, 15) is 4.79 Å². The van der Waals surface area contributed by atoms with Crippen molar-refractivity contribution in [3.8, 4) is 5.88 Å². The molecule has 0 radical (unpaired) electrons. The Balaban J connectivity index is 1.79. The summed E-state index contributed by atoms with van der Waals surface area (Å²) in [5.74, 6) is 1.65. The number of carbonyl (C=O) groups excluding carboxylic acids is 1. The first-order chi connectivity index (χ1) is 12.1. The van der Waals surface area contributed by atoms with Crippen molar-refractivity contribution in [2.45, 2.75) is 20.8 Å². The van der Waals surface area contributed by atoms with Gasteiger partial charge < -0.3 is 20.7 Å². The van der Waals surface area contributed by atoms with Gasteiger partial charge in [0.05, 0.1) is 12.2 Å².